The third kappa shape index (κ3) is 2.83. The van der Waals surface area contributed by atoms with E-state index >= 15 is 0 Å². The Morgan fingerprint density at radius 1 is 1.31 bits per heavy atom. The number of nitrogens with zero attached hydrogens (tertiary/aromatic N) is 3. The molecule has 3 aromatic rings. The molecule has 0 spiro atoms. The highest BCUT2D eigenvalue weighted by molar-refractivity contribution is 7.17. The standard InChI is InChI=1S/C19H18ClN3O2S/c1-10-5-6-12(11(2)8-10)13-9-26-17-15(13)16(21-19(20)22-17)23-7-3-4-14(23)18(24)25/h5-6,8-9,14H,3-4,7H2,1-2H3,(H,24,25). The molecule has 5 nitrogen and oxygen atoms in total. The summed E-state index contributed by atoms with van der Waals surface area (Å²) in [6.45, 7) is 4.80. The highest BCUT2D eigenvalue weighted by Crippen LogP contribution is 2.41. The maximum absolute atomic E-state index is 11.7. The Morgan fingerprint density at radius 2 is 2.12 bits per heavy atom. The van der Waals surface area contributed by atoms with E-state index in [2.05, 4.69) is 47.4 Å². The average Bonchev–Trinajstić information content (AvgIpc) is 3.21. The molecule has 7 heteroatoms. The molecule has 1 saturated heterocycles. The number of hydrogen-bond donors (Lipinski definition) is 1. The summed E-state index contributed by atoms with van der Waals surface area (Å²) in [6, 6.07) is 5.75. The molecule has 4 rings (SSSR count). The van der Waals surface area contributed by atoms with Gasteiger partial charge in [0.1, 0.15) is 16.7 Å². The lowest BCUT2D eigenvalue weighted by molar-refractivity contribution is -0.138. The summed E-state index contributed by atoms with van der Waals surface area (Å²) >= 11 is 7.66. The average molecular weight is 388 g/mol. The molecular formula is C19H18ClN3O2S. The third-order valence-corrected chi connectivity index (χ3v) is 5.91. The molecule has 134 valence electrons. The zero-order valence-corrected chi connectivity index (χ0v) is 16.1. The van der Waals surface area contributed by atoms with Crippen LogP contribution in [-0.4, -0.2) is 33.6 Å². The van der Waals surface area contributed by atoms with Crippen LogP contribution in [0.4, 0.5) is 5.82 Å². The number of hydrogen-bond acceptors (Lipinski definition) is 5. The molecular weight excluding hydrogens is 370 g/mol. The van der Waals surface area contributed by atoms with E-state index in [0.29, 0.717) is 18.8 Å². The molecule has 26 heavy (non-hydrogen) atoms. The van der Waals surface area contributed by atoms with Gasteiger partial charge in [-0.15, -0.1) is 11.3 Å². The van der Waals surface area contributed by atoms with Crippen molar-refractivity contribution in [1.29, 1.82) is 0 Å². The van der Waals surface area contributed by atoms with Gasteiger partial charge in [0.2, 0.25) is 5.28 Å². The van der Waals surface area contributed by atoms with Crippen LogP contribution in [0.5, 0.6) is 0 Å². The van der Waals surface area contributed by atoms with Crippen LogP contribution in [0.25, 0.3) is 21.3 Å². The van der Waals surface area contributed by atoms with Crippen molar-refractivity contribution in [2.45, 2.75) is 32.7 Å². The molecule has 1 N–H and O–H groups in total. The number of carboxylic acid groups (broad SMARTS) is 1. The molecule has 0 amide bonds. The highest BCUT2D eigenvalue weighted by atomic mass is 35.5. The minimum atomic E-state index is -0.825. The Labute approximate surface area is 160 Å². The molecule has 0 aliphatic carbocycles. The van der Waals surface area contributed by atoms with Crippen LogP contribution in [0.3, 0.4) is 0 Å². The summed E-state index contributed by atoms with van der Waals surface area (Å²) in [7, 11) is 0. The second kappa shape index (κ2) is 6.52. The minimum absolute atomic E-state index is 0.151. The number of halogens is 1. The molecule has 1 unspecified atom stereocenters. The summed E-state index contributed by atoms with van der Waals surface area (Å²) in [5.74, 6) is -0.199. The predicted molar refractivity (Wildman–Crippen MR) is 105 cm³/mol. The molecule has 1 aliphatic rings. The van der Waals surface area contributed by atoms with Crippen LogP contribution >= 0.6 is 22.9 Å². The number of carboxylic acids is 1. The largest absolute Gasteiger partial charge is 0.480 e. The van der Waals surface area contributed by atoms with Crippen LogP contribution in [0.1, 0.15) is 24.0 Å². The number of aliphatic carboxylic acids is 1. The Balaban J connectivity index is 1.96. The monoisotopic (exact) mass is 387 g/mol. The van der Waals surface area contributed by atoms with E-state index in [1.165, 1.54) is 22.5 Å². The van der Waals surface area contributed by atoms with Gasteiger partial charge in [0.15, 0.2) is 0 Å². The second-order valence-corrected chi connectivity index (χ2v) is 7.85. The lowest BCUT2D eigenvalue weighted by Crippen LogP contribution is -2.36. The molecule has 3 heterocycles. The van der Waals surface area contributed by atoms with Gasteiger partial charge in [0, 0.05) is 17.5 Å². The second-order valence-electron chi connectivity index (χ2n) is 6.65. The van der Waals surface area contributed by atoms with Crippen LogP contribution < -0.4 is 4.90 Å². The molecule has 1 atom stereocenters. The van der Waals surface area contributed by atoms with E-state index in [-0.39, 0.29) is 5.28 Å². The van der Waals surface area contributed by atoms with E-state index in [9.17, 15) is 9.90 Å². The molecule has 1 aliphatic heterocycles. The third-order valence-electron chi connectivity index (χ3n) is 4.87. The Kier molecular flexibility index (Phi) is 4.32. The molecule has 2 aromatic heterocycles. The summed E-state index contributed by atoms with van der Waals surface area (Å²) in [5.41, 5.74) is 4.52. The normalized spacial score (nSPS) is 17.2. The van der Waals surface area contributed by atoms with Crippen molar-refractivity contribution in [3.63, 3.8) is 0 Å². The Morgan fingerprint density at radius 3 is 2.85 bits per heavy atom. The fourth-order valence-corrected chi connectivity index (χ4v) is 4.84. The highest BCUT2D eigenvalue weighted by Gasteiger charge is 2.33. The minimum Gasteiger partial charge on any atom is -0.480 e. The lowest BCUT2D eigenvalue weighted by Gasteiger charge is -2.23. The van der Waals surface area contributed by atoms with Gasteiger partial charge in [-0.2, -0.15) is 4.98 Å². The fourth-order valence-electron chi connectivity index (χ4n) is 3.70. The summed E-state index contributed by atoms with van der Waals surface area (Å²) in [4.78, 5) is 23.1. The molecule has 1 fully saturated rings. The Bertz CT molecular complexity index is 1020. The molecule has 0 bridgehead atoms. The zero-order valence-electron chi connectivity index (χ0n) is 14.5. The number of aromatic nitrogens is 2. The van der Waals surface area contributed by atoms with Gasteiger partial charge in [-0.3, -0.25) is 0 Å². The van der Waals surface area contributed by atoms with Crippen LogP contribution in [0.15, 0.2) is 23.6 Å². The number of fused-ring (bicyclic) bond motifs is 1. The summed E-state index contributed by atoms with van der Waals surface area (Å²) in [6.07, 6.45) is 1.44. The predicted octanol–water partition coefficient (Wildman–Crippen LogP) is 4.68. The lowest BCUT2D eigenvalue weighted by atomic mass is 9.99. The maximum atomic E-state index is 11.7. The fraction of sp³-hybridized carbons (Fsp3) is 0.316. The topological polar surface area (TPSA) is 66.3 Å². The van der Waals surface area contributed by atoms with E-state index in [0.717, 1.165) is 27.8 Å². The SMILES string of the molecule is Cc1ccc(-c2csc3nc(Cl)nc(N4CCCC4C(=O)O)c23)c(C)c1. The number of rotatable bonds is 3. The Hall–Kier alpha value is -2.18. The van der Waals surface area contributed by atoms with Crippen molar-refractivity contribution in [3.05, 3.63) is 40.0 Å². The van der Waals surface area contributed by atoms with Crippen LogP contribution in [0, 0.1) is 13.8 Å². The smallest absolute Gasteiger partial charge is 0.326 e. The van der Waals surface area contributed by atoms with Gasteiger partial charge < -0.3 is 10.0 Å². The first-order chi connectivity index (χ1) is 12.5. The van der Waals surface area contributed by atoms with Crippen molar-refractivity contribution >= 4 is 44.9 Å². The first-order valence-electron chi connectivity index (χ1n) is 8.47. The van der Waals surface area contributed by atoms with Gasteiger partial charge in [-0.25, -0.2) is 9.78 Å². The van der Waals surface area contributed by atoms with Crippen molar-refractivity contribution in [1.82, 2.24) is 9.97 Å². The van der Waals surface area contributed by atoms with Gasteiger partial charge >= 0.3 is 5.97 Å². The molecule has 1 aromatic carbocycles. The van der Waals surface area contributed by atoms with Crippen LogP contribution in [-0.2, 0) is 4.79 Å². The van der Waals surface area contributed by atoms with E-state index < -0.39 is 12.0 Å². The van der Waals surface area contributed by atoms with Crippen molar-refractivity contribution in [2.75, 3.05) is 11.4 Å². The number of benzene rings is 1. The molecule has 0 radical (unpaired) electrons. The van der Waals surface area contributed by atoms with Crippen molar-refractivity contribution in [2.24, 2.45) is 0 Å². The summed E-state index contributed by atoms with van der Waals surface area (Å²) < 4.78 is 0. The van der Waals surface area contributed by atoms with Gasteiger partial charge in [-0.1, -0.05) is 23.8 Å². The van der Waals surface area contributed by atoms with Gasteiger partial charge in [-0.05, 0) is 49.4 Å². The van der Waals surface area contributed by atoms with E-state index in [1.807, 2.05) is 4.90 Å². The van der Waals surface area contributed by atoms with Crippen molar-refractivity contribution < 1.29 is 9.90 Å². The first-order valence-corrected chi connectivity index (χ1v) is 9.73. The maximum Gasteiger partial charge on any atom is 0.326 e. The van der Waals surface area contributed by atoms with Crippen LogP contribution in [0.2, 0.25) is 5.28 Å². The number of anilines is 1. The first kappa shape index (κ1) is 17.2. The quantitative estimate of drug-likeness (QED) is 0.661. The van der Waals surface area contributed by atoms with Crippen molar-refractivity contribution in [3.8, 4) is 11.1 Å². The van der Waals surface area contributed by atoms with Gasteiger partial charge in [0.05, 0.1) is 5.39 Å². The summed E-state index contributed by atoms with van der Waals surface area (Å²) in [5, 5.41) is 12.7. The zero-order chi connectivity index (χ0) is 18.4. The number of aryl methyl sites for hydroxylation is 2. The molecule has 0 saturated carbocycles. The van der Waals surface area contributed by atoms with E-state index in [4.69, 9.17) is 11.6 Å². The number of carbonyl (C=O) groups is 1. The van der Waals surface area contributed by atoms with E-state index in [1.54, 1.807) is 0 Å². The van der Waals surface area contributed by atoms with Gasteiger partial charge in [0.25, 0.3) is 0 Å². The number of thiophene rings is 1.